The molecule has 0 spiro atoms. The molecular formula is C9H8FNO2. The van der Waals surface area contributed by atoms with Crippen molar-refractivity contribution in [2.45, 2.75) is 6.92 Å². The first-order chi connectivity index (χ1) is 6.02. The van der Waals surface area contributed by atoms with Crippen LogP contribution in [0.25, 0.3) is 0 Å². The lowest BCUT2D eigenvalue weighted by Gasteiger charge is -2.00. The Morgan fingerprint density at radius 3 is 2.46 bits per heavy atom. The van der Waals surface area contributed by atoms with E-state index in [1.54, 1.807) is 0 Å². The summed E-state index contributed by atoms with van der Waals surface area (Å²) in [5.41, 5.74) is 4.98. The van der Waals surface area contributed by atoms with Crippen LogP contribution < -0.4 is 5.73 Å². The number of halogens is 1. The van der Waals surface area contributed by atoms with Crippen LogP contribution in [0.15, 0.2) is 18.2 Å². The van der Waals surface area contributed by atoms with Gasteiger partial charge < -0.3 is 5.73 Å². The van der Waals surface area contributed by atoms with Gasteiger partial charge in [0.05, 0.1) is 5.56 Å². The van der Waals surface area contributed by atoms with Gasteiger partial charge in [-0.05, 0) is 25.1 Å². The number of benzene rings is 1. The van der Waals surface area contributed by atoms with Gasteiger partial charge in [0, 0.05) is 5.56 Å². The Balaban J connectivity index is 3.27. The molecule has 0 unspecified atom stereocenters. The summed E-state index contributed by atoms with van der Waals surface area (Å²) in [4.78, 5) is 21.5. The van der Waals surface area contributed by atoms with Gasteiger partial charge in [-0.15, -0.1) is 0 Å². The van der Waals surface area contributed by atoms with Crippen LogP contribution in [0.3, 0.4) is 0 Å². The van der Waals surface area contributed by atoms with Gasteiger partial charge in [0.25, 0.3) is 0 Å². The summed E-state index contributed by atoms with van der Waals surface area (Å²) in [5.74, 6) is -1.75. The third kappa shape index (κ3) is 1.90. The molecule has 0 atom stereocenters. The molecule has 4 heteroatoms. The minimum atomic E-state index is -0.678. The van der Waals surface area contributed by atoms with Gasteiger partial charge in [-0.25, -0.2) is 4.39 Å². The molecule has 0 radical (unpaired) electrons. The fraction of sp³-hybridized carbons (Fsp3) is 0.111. The molecule has 0 fully saturated rings. The highest BCUT2D eigenvalue weighted by Gasteiger charge is 2.09. The van der Waals surface area contributed by atoms with Crippen molar-refractivity contribution >= 4 is 11.7 Å². The van der Waals surface area contributed by atoms with E-state index in [-0.39, 0.29) is 11.1 Å². The molecule has 68 valence electrons. The van der Waals surface area contributed by atoms with E-state index in [1.807, 2.05) is 0 Å². The second-order valence-electron chi connectivity index (χ2n) is 2.62. The number of Topliss-reactive ketones (excluding diaryl/α,β-unsaturated/α-hetero) is 1. The zero-order valence-electron chi connectivity index (χ0n) is 7.00. The molecule has 0 saturated heterocycles. The van der Waals surface area contributed by atoms with Crippen LogP contribution in [0.2, 0.25) is 0 Å². The van der Waals surface area contributed by atoms with Crippen LogP contribution in [0.4, 0.5) is 4.39 Å². The zero-order chi connectivity index (χ0) is 10.0. The summed E-state index contributed by atoms with van der Waals surface area (Å²) in [6.07, 6.45) is 0. The van der Waals surface area contributed by atoms with Crippen LogP contribution in [0.1, 0.15) is 27.6 Å². The average Bonchev–Trinajstić information content (AvgIpc) is 2.04. The van der Waals surface area contributed by atoms with Crippen LogP contribution in [-0.4, -0.2) is 11.7 Å². The summed E-state index contributed by atoms with van der Waals surface area (Å²) in [6.45, 7) is 1.23. The van der Waals surface area contributed by atoms with Crippen molar-refractivity contribution in [3.05, 3.63) is 35.1 Å². The highest BCUT2D eigenvalue weighted by atomic mass is 19.1. The van der Waals surface area contributed by atoms with Gasteiger partial charge in [-0.2, -0.15) is 0 Å². The third-order valence-electron chi connectivity index (χ3n) is 1.63. The molecule has 0 aliphatic rings. The van der Waals surface area contributed by atoms with Gasteiger partial charge in [0.1, 0.15) is 5.82 Å². The molecule has 0 heterocycles. The van der Waals surface area contributed by atoms with Crippen LogP contribution in [-0.2, 0) is 0 Å². The average molecular weight is 181 g/mol. The summed E-state index contributed by atoms with van der Waals surface area (Å²) < 4.78 is 12.9. The predicted molar refractivity (Wildman–Crippen MR) is 44.9 cm³/mol. The number of hydrogen-bond acceptors (Lipinski definition) is 2. The van der Waals surface area contributed by atoms with Gasteiger partial charge in [0.2, 0.25) is 5.91 Å². The van der Waals surface area contributed by atoms with E-state index < -0.39 is 17.5 Å². The van der Waals surface area contributed by atoms with E-state index >= 15 is 0 Å². The molecule has 0 bridgehead atoms. The lowest BCUT2D eigenvalue weighted by atomic mass is 10.1. The van der Waals surface area contributed by atoms with E-state index in [4.69, 9.17) is 5.73 Å². The van der Waals surface area contributed by atoms with Crippen molar-refractivity contribution in [3.63, 3.8) is 0 Å². The molecule has 3 nitrogen and oxygen atoms in total. The SMILES string of the molecule is CC(=O)c1cc(C(N)=O)ccc1F. The first kappa shape index (κ1) is 9.38. The van der Waals surface area contributed by atoms with Gasteiger partial charge in [0.15, 0.2) is 5.78 Å². The molecule has 0 aliphatic carbocycles. The van der Waals surface area contributed by atoms with Gasteiger partial charge >= 0.3 is 0 Å². The first-order valence-corrected chi connectivity index (χ1v) is 3.62. The molecule has 0 saturated carbocycles. The van der Waals surface area contributed by atoms with Gasteiger partial charge in [-0.1, -0.05) is 0 Å². The standard InChI is InChI=1S/C9H8FNO2/c1-5(12)7-4-6(9(11)13)2-3-8(7)10/h2-4H,1H3,(H2,11,13). The van der Waals surface area contributed by atoms with Crippen molar-refractivity contribution in [1.29, 1.82) is 0 Å². The van der Waals surface area contributed by atoms with E-state index in [0.717, 1.165) is 12.1 Å². The number of ketones is 1. The highest BCUT2D eigenvalue weighted by molar-refractivity contribution is 5.99. The maximum absolute atomic E-state index is 12.9. The third-order valence-corrected chi connectivity index (χ3v) is 1.63. The minimum Gasteiger partial charge on any atom is -0.366 e. The van der Waals surface area contributed by atoms with E-state index in [9.17, 15) is 14.0 Å². The molecule has 0 aromatic heterocycles. The number of primary amides is 1. The molecule has 1 amide bonds. The quantitative estimate of drug-likeness (QED) is 0.695. The van der Waals surface area contributed by atoms with Crippen molar-refractivity contribution in [1.82, 2.24) is 0 Å². The summed E-state index contributed by atoms with van der Waals surface area (Å²) in [7, 11) is 0. The summed E-state index contributed by atoms with van der Waals surface area (Å²) >= 11 is 0. The second-order valence-corrected chi connectivity index (χ2v) is 2.62. The van der Waals surface area contributed by atoms with Crippen LogP contribution in [0.5, 0.6) is 0 Å². The molecule has 1 aromatic rings. The van der Waals surface area contributed by atoms with E-state index in [0.29, 0.717) is 0 Å². The monoisotopic (exact) mass is 181 g/mol. The number of nitrogens with two attached hydrogens (primary N) is 1. The first-order valence-electron chi connectivity index (χ1n) is 3.62. The number of carbonyl (C=O) groups excluding carboxylic acids is 2. The Bertz CT molecular complexity index is 374. The van der Waals surface area contributed by atoms with Crippen LogP contribution in [0, 0.1) is 5.82 Å². The lowest BCUT2D eigenvalue weighted by Crippen LogP contribution is -2.12. The number of carbonyl (C=O) groups is 2. The Labute approximate surface area is 74.4 Å². The number of rotatable bonds is 2. The maximum Gasteiger partial charge on any atom is 0.248 e. The molecule has 1 aromatic carbocycles. The van der Waals surface area contributed by atoms with Crippen molar-refractivity contribution in [3.8, 4) is 0 Å². The van der Waals surface area contributed by atoms with E-state index in [1.165, 1.54) is 13.0 Å². The Morgan fingerprint density at radius 1 is 1.38 bits per heavy atom. The topological polar surface area (TPSA) is 60.2 Å². The molecule has 0 aliphatic heterocycles. The fourth-order valence-electron chi connectivity index (χ4n) is 0.948. The van der Waals surface area contributed by atoms with Crippen LogP contribution >= 0.6 is 0 Å². The summed E-state index contributed by atoms with van der Waals surface area (Å²) in [5, 5.41) is 0. The number of hydrogen-bond donors (Lipinski definition) is 1. The normalized spacial score (nSPS) is 9.69. The second kappa shape index (κ2) is 3.35. The Kier molecular flexibility index (Phi) is 2.41. The van der Waals surface area contributed by atoms with Crippen molar-refractivity contribution < 1.29 is 14.0 Å². The maximum atomic E-state index is 12.9. The zero-order valence-corrected chi connectivity index (χ0v) is 7.00. The highest BCUT2D eigenvalue weighted by Crippen LogP contribution is 2.10. The Morgan fingerprint density at radius 2 is 2.00 bits per heavy atom. The molecule has 13 heavy (non-hydrogen) atoms. The number of amides is 1. The molecule has 1 rings (SSSR count). The summed E-state index contributed by atoms with van der Waals surface area (Å²) in [6, 6.07) is 3.45. The molecule has 2 N–H and O–H groups in total. The fourth-order valence-corrected chi connectivity index (χ4v) is 0.948. The van der Waals surface area contributed by atoms with Gasteiger partial charge in [-0.3, -0.25) is 9.59 Å². The molecular weight excluding hydrogens is 173 g/mol. The van der Waals surface area contributed by atoms with E-state index in [2.05, 4.69) is 0 Å². The smallest absolute Gasteiger partial charge is 0.248 e. The van der Waals surface area contributed by atoms with Crippen molar-refractivity contribution in [2.75, 3.05) is 0 Å². The Hall–Kier alpha value is -1.71. The lowest BCUT2D eigenvalue weighted by molar-refractivity contribution is 0.1000. The largest absolute Gasteiger partial charge is 0.366 e. The minimum absolute atomic E-state index is 0.115. The van der Waals surface area contributed by atoms with Crippen molar-refractivity contribution in [2.24, 2.45) is 5.73 Å². The predicted octanol–water partition coefficient (Wildman–Crippen LogP) is 1.13.